The van der Waals surface area contributed by atoms with Crippen molar-refractivity contribution in [2.24, 2.45) is 0 Å². The molecular formula is C19H19ClO2. The number of fused-ring (bicyclic) bond motifs is 2. The maximum Gasteiger partial charge on any atom is 0.152 e. The maximum absolute atomic E-state index is 5.97. The number of aryl methyl sites for hydroxylation is 3. The Hall–Kier alpha value is -1.93. The Bertz CT molecular complexity index is 789. The van der Waals surface area contributed by atoms with E-state index in [0.717, 1.165) is 35.3 Å². The molecule has 0 bridgehead atoms. The fourth-order valence-electron chi connectivity index (χ4n) is 2.58. The summed E-state index contributed by atoms with van der Waals surface area (Å²) in [5, 5.41) is 1.77. The molecule has 0 saturated carbocycles. The van der Waals surface area contributed by atoms with Gasteiger partial charge in [0.05, 0.1) is 17.9 Å². The molecule has 0 aliphatic carbocycles. The van der Waals surface area contributed by atoms with Crippen molar-refractivity contribution < 1.29 is 9.15 Å². The molecule has 0 N–H and O–H groups in total. The zero-order chi connectivity index (χ0) is 15.5. The van der Waals surface area contributed by atoms with Crippen molar-refractivity contribution >= 4 is 22.6 Å². The fraction of sp³-hybridized carbons (Fsp3) is 0.263. The van der Waals surface area contributed by atoms with Gasteiger partial charge >= 0.3 is 0 Å². The lowest BCUT2D eigenvalue weighted by atomic mass is 10.0. The first-order chi connectivity index (χ1) is 10.6. The third-order valence-corrected chi connectivity index (χ3v) is 4.29. The molecule has 0 atom stereocenters. The molecule has 2 heterocycles. The Morgan fingerprint density at radius 1 is 1.05 bits per heavy atom. The summed E-state index contributed by atoms with van der Waals surface area (Å²) >= 11 is 5.97. The van der Waals surface area contributed by atoms with Crippen LogP contribution in [0.3, 0.4) is 0 Å². The van der Waals surface area contributed by atoms with Gasteiger partial charge in [0.1, 0.15) is 5.75 Å². The Morgan fingerprint density at radius 3 is 2.77 bits per heavy atom. The molecule has 2 nitrogen and oxygen atoms in total. The smallest absolute Gasteiger partial charge is 0.152 e. The molecule has 0 saturated heterocycles. The summed E-state index contributed by atoms with van der Waals surface area (Å²) in [6.45, 7) is 4.97. The number of rotatable bonds is 0. The summed E-state index contributed by atoms with van der Waals surface area (Å²) in [7, 11) is 0. The van der Waals surface area contributed by atoms with E-state index in [9.17, 15) is 0 Å². The van der Waals surface area contributed by atoms with Gasteiger partial charge in [-0.05, 0) is 49.9 Å². The van der Waals surface area contributed by atoms with Crippen molar-refractivity contribution in [1.29, 1.82) is 0 Å². The maximum atomic E-state index is 5.97. The second kappa shape index (κ2) is 6.45. The van der Waals surface area contributed by atoms with Crippen LogP contribution in [0.25, 0.3) is 11.0 Å². The van der Waals surface area contributed by atoms with E-state index in [1.807, 2.05) is 25.1 Å². The van der Waals surface area contributed by atoms with Gasteiger partial charge in [0.2, 0.25) is 0 Å². The van der Waals surface area contributed by atoms with Crippen molar-refractivity contribution in [1.82, 2.24) is 0 Å². The summed E-state index contributed by atoms with van der Waals surface area (Å²) in [6, 6.07) is 12.3. The monoisotopic (exact) mass is 314 g/mol. The Kier molecular flexibility index (Phi) is 4.39. The standard InChI is InChI=1S/C10H12O.C9H7ClO/c1-8-4-5-10-9(7-8)3-2-6-11-10;1-6-2-3-7-4-5-11-9(7)8(6)10/h4-5,7H,2-3,6H2,1H3;2-5H,1H3. The quantitative estimate of drug-likeness (QED) is 0.530. The molecular weight excluding hydrogens is 296 g/mol. The van der Waals surface area contributed by atoms with Crippen LogP contribution in [0.1, 0.15) is 23.1 Å². The van der Waals surface area contributed by atoms with E-state index >= 15 is 0 Å². The van der Waals surface area contributed by atoms with E-state index in [1.54, 1.807) is 6.26 Å². The molecule has 0 fully saturated rings. The molecule has 2 aromatic carbocycles. The van der Waals surface area contributed by atoms with Gasteiger partial charge in [-0.1, -0.05) is 41.4 Å². The molecule has 3 aromatic rings. The van der Waals surface area contributed by atoms with Gasteiger partial charge in [-0.15, -0.1) is 0 Å². The molecule has 1 aliphatic rings. The third-order valence-electron chi connectivity index (χ3n) is 3.82. The Balaban J connectivity index is 0.000000131. The molecule has 114 valence electrons. The number of hydrogen-bond acceptors (Lipinski definition) is 2. The van der Waals surface area contributed by atoms with E-state index in [2.05, 4.69) is 25.1 Å². The number of benzene rings is 2. The molecule has 1 aromatic heterocycles. The normalized spacial score (nSPS) is 13.0. The van der Waals surface area contributed by atoms with Gasteiger partial charge in [0, 0.05) is 5.39 Å². The average molecular weight is 315 g/mol. The lowest BCUT2D eigenvalue weighted by molar-refractivity contribution is 0.288. The van der Waals surface area contributed by atoms with E-state index in [4.69, 9.17) is 20.8 Å². The molecule has 0 unspecified atom stereocenters. The minimum atomic E-state index is 0.715. The summed E-state index contributed by atoms with van der Waals surface area (Å²) in [4.78, 5) is 0. The molecule has 0 spiro atoms. The Morgan fingerprint density at radius 2 is 1.91 bits per heavy atom. The minimum absolute atomic E-state index is 0.715. The van der Waals surface area contributed by atoms with Gasteiger partial charge in [0.25, 0.3) is 0 Å². The molecule has 1 aliphatic heterocycles. The first kappa shape index (κ1) is 15.0. The number of furan rings is 1. The van der Waals surface area contributed by atoms with Crippen LogP contribution in [0.2, 0.25) is 5.02 Å². The van der Waals surface area contributed by atoms with Gasteiger partial charge in [-0.25, -0.2) is 0 Å². The van der Waals surface area contributed by atoms with Crippen LogP contribution in [0.4, 0.5) is 0 Å². The molecule has 4 rings (SSSR count). The van der Waals surface area contributed by atoms with E-state index in [0.29, 0.717) is 5.02 Å². The minimum Gasteiger partial charge on any atom is -0.493 e. The predicted octanol–water partition coefficient (Wildman–Crippen LogP) is 5.71. The molecule has 0 radical (unpaired) electrons. The number of hydrogen-bond donors (Lipinski definition) is 0. The molecule has 22 heavy (non-hydrogen) atoms. The zero-order valence-electron chi connectivity index (χ0n) is 12.9. The fourth-order valence-corrected chi connectivity index (χ4v) is 2.80. The lowest BCUT2D eigenvalue weighted by Gasteiger charge is -2.16. The SMILES string of the molecule is Cc1ccc2c(c1)CCCO2.Cc1ccc2ccoc2c1Cl. The van der Waals surface area contributed by atoms with Crippen LogP contribution < -0.4 is 4.74 Å². The lowest BCUT2D eigenvalue weighted by Crippen LogP contribution is -2.07. The first-order valence-electron chi connectivity index (χ1n) is 7.50. The Labute approximate surface area is 135 Å². The summed E-state index contributed by atoms with van der Waals surface area (Å²) in [5.41, 5.74) is 4.53. The van der Waals surface area contributed by atoms with Crippen LogP contribution >= 0.6 is 11.6 Å². The van der Waals surface area contributed by atoms with Crippen molar-refractivity contribution in [3.63, 3.8) is 0 Å². The summed E-state index contributed by atoms with van der Waals surface area (Å²) in [5.74, 6) is 1.09. The summed E-state index contributed by atoms with van der Waals surface area (Å²) in [6.07, 6.45) is 3.99. The van der Waals surface area contributed by atoms with Crippen LogP contribution in [0, 0.1) is 13.8 Å². The number of ether oxygens (including phenoxy) is 1. The van der Waals surface area contributed by atoms with Crippen LogP contribution in [-0.4, -0.2) is 6.61 Å². The van der Waals surface area contributed by atoms with Gasteiger partial charge in [-0.3, -0.25) is 0 Å². The van der Waals surface area contributed by atoms with E-state index in [-0.39, 0.29) is 0 Å². The van der Waals surface area contributed by atoms with Gasteiger partial charge in [0.15, 0.2) is 5.58 Å². The zero-order valence-corrected chi connectivity index (χ0v) is 13.6. The van der Waals surface area contributed by atoms with Gasteiger partial charge < -0.3 is 9.15 Å². The van der Waals surface area contributed by atoms with Crippen LogP contribution in [0.5, 0.6) is 5.75 Å². The summed E-state index contributed by atoms with van der Waals surface area (Å²) < 4.78 is 10.7. The highest BCUT2D eigenvalue weighted by atomic mass is 35.5. The highest BCUT2D eigenvalue weighted by Crippen LogP contribution is 2.27. The van der Waals surface area contributed by atoms with E-state index in [1.165, 1.54) is 17.5 Å². The second-order valence-electron chi connectivity index (χ2n) is 5.60. The molecule has 0 amide bonds. The van der Waals surface area contributed by atoms with Gasteiger partial charge in [-0.2, -0.15) is 0 Å². The van der Waals surface area contributed by atoms with Crippen molar-refractivity contribution in [2.45, 2.75) is 26.7 Å². The van der Waals surface area contributed by atoms with Crippen molar-refractivity contribution in [2.75, 3.05) is 6.61 Å². The molecule has 3 heteroatoms. The topological polar surface area (TPSA) is 22.4 Å². The van der Waals surface area contributed by atoms with E-state index < -0.39 is 0 Å². The predicted molar refractivity (Wildman–Crippen MR) is 91.0 cm³/mol. The second-order valence-corrected chi connectivity index (χ2v) is 5.98. The average Bonchev–Trinajstić information content (AvgIpc) is 3.01. The van der Waals surface area contributed by atoms with Crippen LogP contribution in [-0.2, 0) is 6.42 Å². The highest BCUT2D eigenvalue weighted by molar-refractivity contribution is 6.35. The van der Waals surface area contributed by atoms with Crippen LogP contribution in [0.15, 0.2) is 47.1 Å². The largest absolute Gasteiger partial charge is 0.493 e. The highest BCUT2D eigenvalue weighted by Gasteiger charge is 2.08. The third kappa shape index (κ3) is 3.12. The first-order valence-corrected chi connectivity index (χ1v) is 7.87. The van der Waals surface area contributed by atoms with Crippen molar-refractivity contribution in [3.05, 3.63) is 64.4 Å². The number of halogens is 1. The van der Waals surface area contributed by atoms with Crippen molar-refractivity contribution in [3.8, 4) is 5.75 Å².